The van der Waals surface area contributed by atoms with E-state index in [1.165, 1.54) is 0 Å². The van der Waals surface area contributed by atoms with E-state index >= 15 is 0 Å². The maximum Gasteiger partial charge on any atom is 0.241 e. The lowest BCUT2D eigenvalue weighted by atomic mass is 10.1. The van der Waals surface area contributed by atoms with E-state index in [4.69, 9.17) is 0 Å². The van der Waals surface area contributed by atoms with E-state index in [0.717, 1.165) is 28.8 Å². The number of nitrogens with one attached hydrogen (secondary N) is 1. The number of rotatable bonds is 5. The van der Waals surface area contributed by atoms with Gasteiger partial charge in [-0.15, -0.1) is 0 Å². The molecule has 0 atom stereocenters. The fraction of sp³-hybridized carbons (Fsp3) is 0.350. The SMILES string of the molecule is Cc1ccccc1S(=O)(=O)NCc1ccc2c(c1)CCN2C(=O)C(C)C. The van der Waals surface area contributed by atoms with Crippen LogP contribution < -0.4 is 9.62 Å². The number of amides is 1. The standard InChI is InChI=1S/C20H24N2O3S/c1-14(2)20(23)22-11-10-17-12-16(8-9-18(17)22)13-21-26(24,25)19-7-5-4-6-15(19)3/h4-9,12,14,21H,10-11,13H2,1-3H3. The summed E-state index contributed by atoms with van der Waals surface area (Å²) in [5.41, 5.74) is 3.64. The van der Waals surface area contributed by atoms with Crippen molar-refractivity contribution in [3.05, 3.63) is 59.2 Å². The van der Waals surface area contributed by atoms with Gasteiger partial charge in [-0.1, -0.05) is 44.2 Å². The first kappa shape index (κ1) is 18.6. The molecular formula is C20H24N2O3S. The third-order valence-electron chi connectivity index (χ3n) is 4.65. The van der Waals surface area contributed by atoms with Crippen LogP contribution in [0.15, 0.2) is 47.4 Å². The Morgan fingerprint density at radius 2 is 1.92 bits per heavy atom. The number of sulfonamides is 1. The molecule has 1 amide bonds. The Morgan fingerprint density at radius 3 is 2.62 bits per heavy atom. The molecule has 1 aliphatic rings. The van der Waals surface area contributed by atoms with Gasteiger partial charge in [0.2, 0.25) is 15.9 Å². The lowest BCUT2D eigenvalue weighted by molar-refractivity contribution is -0.121. The van der Waals surface area contributed by atoms with Gasteiger partial charge >= 0.3 is 0 Å². The number of nitrogens with zero attached hydrogens (tertiary/aromatic N) is 1. The second-order valence-electron chi connectivity index (χ2n) is 6.95. The molecule has 0 bridgehead atoms. The van der Waals surface area contributed by atoms with E-state index < -0.39 is 10.0 Å². The molecule has 0 fully saturated rings. The molecule has 26 heavy (non-hydrogen) atoms. The van der Waals surface area contributed by atoms with Crippen molar-refractivity contribution in [3.63, 3.8) is 0 Å². The summed E-state index contributed by atoms with van der Waals surface area (Å²) in [6, 6.07) is 12.7. The smallest absolute Gasteiger partial charge is 0.241 e. The average molecular weight is 372 g/mol. The van der Waals surface area contributed by atoms with Gasteiger partial charge in [-0.3, -0.25) is 4.79 Å². The first-order chi connectivity index (χ1) is 12.3. The van der Waals surface area contributed by atoms with Gasteiger partial charge in [0.25, 0.3) is 0 Å². The van der Waals surface area contributed by atoms with Crippen LogP contribution in [0.25, 0.3) is 0 Å². The van der Waals surface area contributed by atoms with Crippen molar-refractivity contribution in [2.24, 2.45) is 5.92 Å². The molecule has 1 heterocycles. The fourth-order valence-electron chi connectivity index (χ4n) is 3.22. The number of hydrogen-bond donors (Lipinski definition) is 1. The lowest BCUT2D eigenvalue weighted by Gasteiger charge is -2.19. The summed E-state index contributed by atoms with van der Waals surface area (Å²) in [7, 11) is -3.55. The average Bonchev–Trinajstić information content (AvgIpc) is 3.02. The van der Waals surface area contributed by atoms with Crippen molar-refractivity contribution in [2.45, 2.75) is 38.6 Å². The van der Waals surface area contributed by atoms with Crippen molar-refractivity contribution in [1.29, 1.82) is 0 Å². The van der Waals surface area contributed by atoms with Gasteiger partial charge in [-0.2, -0.15) is 0 Å². The van der Waals surface area contributed by atoms with Crippen LogP contribution in [-0.2, 0) is 27.8 Å². The van der Waals surface area contributed by atoms with Crippen LogP contribution in [0.4, 0.5) is 5.69 Å². The highest BCUT2D eigenvalue weighted by atomic mass is 32.2. The zero-order valence-electron chi connectivity index (χ0n) is 15.3. The Hall–Kier alpha value is -2.18. The Balaban J connectivity index is 1.75. The molecule has 0 aromatic heterocycles. The molecular weight excluding hydrogens is 348 g/mol. The van der Waals surface area contributed by atoms with Gasteiger partial charge in [0.1, 0.15) is 0 Å². The van der Waals surface area contributed by atoms with Gasteiger partial charge in [0.05, 0.1) is 4.90 Å². The molecule has 1 N–H and O–H groups in total. The number of carbonyl (C=O) groups excluding carboxylic acids is 1. The largest absolute Gasteiger partial charge is 0.312 e. The Morgan fingerprint density at radius 1 is 1.19 bits per heavy atom. The van der Waals surface area contributed by atoms with Gasteiger partial charge in [0, 0.05) is 24.7 Å². The monoisotopic (exact) mass is 372 g/mol. The number of hydrogen-bond acceptors (Lipinski definition) is 3. The van der Waals surface area contributed by atoms with E-state index in [0.29, 0.717) is 11.4 Å². The minimum atomic E-state index is -3.55. The Bertz CT molecular complexity index is 936. The number of aryl methyl sites for hydroxylation is 1. The number of carbonyl (C=O) groups is 1. The van der Waals surface area contributed by atoms with Crippen LogP contribution in [0.1, 0.15) is 30.5 Å². The fourth-order valence-corrected chi connectivity index (χ4v) is 4.48. The first-order valence-electron chi connectivity index (χ1n) is 8.78. The molecule has 6 heteroatoms. The third kappa shape index (κ3) is 3.66. The third-order valence-corrected chi connectivity index (χ3v) is 6.21. The molecule has 2 aromatic carbocycles. The van der Waals surface area contributed by atoms with Crippen LogP contribution >= 0.6 is 0 Å². The van der Waals surface area contributed by atoms with Crippen molar-refractivity contribution < 1.29 is 13.2 Å². The molecule has 5 nitrogen and oxygen atoms in total. The molecule has 1 aliphatic heterocycles. The van der Waals surface area contributed by atoms with Crippen LogP contribution in [0.2, 0.25) is 0 Å². The predicted octanol–water partition coefficient (Wildman–Crippen LogP) is 3.02. The van der Waals surface area contributed by atoms with Gasteiger partial charge in [-0.25, -0.2) is 13.1 Å². The molecule has 0 saturated carbocycles. The van der Waals surface area contributed by atoms with E-state index in [-0.39, 0.29) is 18.4 Å². The molecule has 0 saturated heterocycles. The maximum atomic E-state index is 12.5. The summed E-state index contributed by atoms with van der Waals surface area (Å²) in [5, 5.41) is 0. The summed E-state index contributed by atoms with van der Waals surface area (Å²) in [6.45, 7) is 6.49. The normalized spacial score (nSPS) is 13.9. The Labute approximate surface area is 155 Å². The summed E-state index contributed by atoms with van der Waals surface area (Å²) in [6.07, 6.45) is 0.798. The highest BCUT2D eigenvalue weighted by molar-refractivity contribution is 7.89. The minimum absolute atomic E-state index is 0.0402. The maximum absolute atomic E-state index is 12.5. The van der Waals surface area contributed by atoms with Gasteiger partial charge < -0.3 is 4.90 Å². The molecule has 2 aromatic rings. The summed E-state index contributed by atoms with van der Waals surface area (Å²) in [4.78, 5) is 14.4. The van der Waals surface area contributed by atoms with Crippen LogP contribution in [0.3, 0.4) is 0 Å². The van der Waals surface area contributed by atoms with E-state index in [2.05, 4.69) is 4.72 Å². The Kier molecular flexibility index (Phi) is 5.16. The topological polar surface area (TPSA) is 66.5 Å². The summed E-state index contributed by atoms with van der Waals surface area (Å²) in [5.74, 6) is 0.0818. The zero-order valence-corrected chi connectivity index (χ0v) is 16.1. The van der Waals surface area contributed by atoms with Crippen molar-refractivity contribution in [3.8, 4) is 0 Å². The lowest BCUT2D eigenvalue weighted by Crippen LogP contribution is -2.32. The zero-order chi connectivity index (χ0) is 18.9. The number of fused-ring (bicyclic) bond motifs is 1. The first-order valence-corrected chi connectivity index (χ1v) is 10.3. The quantitative estimate of drug-likeness (QED) is 0.877. The van der Waals surface area contributed by atoms with Crippen LogP contribution in [-0.4, -0.2) is 20.9 Å². The van der Waals surface area contributed by atoms with E-state index in [1.807, 2.05) is 43.0 Å². The number of anilines is 1. The van der Waals surface area contributed by atoms with Crippen molar-refractivity contribution in [2.75, 3.05) is 11.4 Å². The predicted molar refractivity (Wildman–Crippen MR) is 103 cm³/mol. The number of benzene rings is 2. The molecule has 0 spiro atoms. The van der Waals surface area contributed by atoms with Gasteiger partial charge in [-0.05, 0) is 42.2 Å². The van der Waals surface area contributed by atoms with Crippen LogP contribution in [0.5, 0.6) is 0 Å². The van der Waals surface area contributed by atoms with E-state index in [1.54, 1.807) is 25.1 Å². The van der Waals surface area contributed by atoms with Crippen molar-refractivity contribution >= 4 is 21.6 Å². The van der Waals surface area contributed by atoms with Crippen molar-refractivity contribution in [1.82, 2.24) is 4.72 Å². The minimum Gasteiger partial charge on any atom is -0.312 e. The highest BCUT2D eigenvalue weighted by Crippen LogP contribution is 2.30. The molecule has 0 aliphatic carbocycles. The van der Waals surface area contributed by atoms with Gasteiger partial charge in [0.15, 0.2) is 0 Å². The molecule has 0 unspecified atom stereocenters. The second-order valence-corrected chi connectivity index (χ2v) is 8.68. The molecule has 3 rings (SSSR count). The highest BCUT2D eigenvalue weighted by Gasteiger charge is 2.26. The summed E-state index contributed by atoms with van der Waals surface area (Å²) >= 11 is 0. The molecule has 138 valence electrons. The van der Waals surface area contributed by atoms with E-state index in [9.17, 15) is 13.2 Å². The molecule has 0 radical (unpaired) electrons. The summed E-state index contributed by atoms with van der Waals surface area (Å²) < 4.78 is 27.7. The second kappa shape index (κ2) is 7.21. The van der Waals surface area contributed by atoms with Crippen LogP contribution in [0, 0.1) is 12.8 Å².